The van der Waals surface area contributed by atoms with Gasteiger partial charge in [-0.05, 0) is 46.7 Å². The van der Waals surface area contributed by atoms with E-state index in [9.17, 15) is 4.79 Å². The number of hydrogen-bond donors (Lipinski definition) is 0. The summed E-state index contributed by atoms with van der Waals surface area (Å²) in [5, 5.41) is 2.12. The SMILES string of the molecule is O=C(C[C@H](c1ccccc1)c1ccc2c(c1)OCO2)N1CCc2sccc2C1. The second-order valence-corrected chi connectivity index (χ2v) is 8.22. The van der Waals surface area contributed by atoms with Crippen LogP contribution in [0.4, 0.5) is 0 Å². The van der Waals surface area contributed by atoms with Crippen LogP contribution < -0.4 is 9.47 Å². The maximum Gasteiger partial charge on any atom is 0.231 e. The molecule has 1 aromatic heterocycles. The molecule has 3 heterocycles. The van der Waals surface area contributed by atoms with Gasteiger partial charge in [0, 0.05) is 30.3 Å². The number of nitrogens with zero attached hydrogens (tertiary/aromatic N) is 1. The molecule has 1 amide bonds. The number of benzene rings is 2. The van der Waals surface area contributed by atoms with Crippen molar-refractivity contribution in [3.05, 3.63) is 81.5 Å². The molecule has 5 rings (SSSR count). The lowest BCUT2D eigenvalue weighted by Gasteiger charge is -2.29. The van der Waals surface area contributed by atoms with Gasteiger partial charge in [0.15, 0.2) is 11.5 Å². The second kappa shape index (κ2) is 7.32. The number of thiophene rings is 1. The Balaban J connectivity index is 1.42. The molecular weight excluding hydrogens is 370 g/mol. The fourth-order valence-corrected chi connectivity index (χ4v) is 4.90. The molecule has 0 N–H and O–H groups in total. The molecule has 2 aliphatic rings. The summed E-state index contributed by atoms with van der Waals surface area (Å²) >= 11 is 1.79. The number of ether oxygens (including phenoxy) is 2. The first-order valence-electron chi connectivity index (χ1n) is 9.55. The molecule has 0 aliphatic carbocycles. The predicted octanol–water partition coefficient (Wildman–Crippen LogP) is 4.58. The summed E-state index contributed by atoms with van der Waals surface area (Å²) in [6.07, 6.45) is 1.40. The van der Waals surface area contributed by atoms with Gasteiger partial charge in [0.05, 0.1) is 0 Å². The summed E-state index contributed by atoms with van der Waals surface area (Å²) in [5.41, 5.74) is 3.52. The second-order valence-electron chi connectivity index (χ2n) is 7.21. The van der Waals surface area contributed by atoms with Crippen molar-refractivity contribution in [3.8, 4) is 11.5 Å². The van der Waals surface area contributed by atoms with Crippen molar-refractivity contribution in [2.75, 3.05) is 13.3 Å². The predicted molar refractivity (Wildman–Crippen MR) is 109 cm³/mol. The molecule has 2 aliphatic heterocycles. The van der Waals surface area contributed by atoms with Crippen molar-refractivity contribution in [1.82, 2.24) is 4.90 Å². The largest absolute Gasteiger partial charge is 0.454 e. The van der Waals surface area contributed by atoms with Gasteiger partial charge in [0.1, 0.15) is 0 Å². The molecule has 142 valence electrons. The lowest BCUT2D eigenvalue weighted by Crippen LogP contribution is -2.36. The standard InChI is InChI=1S/C23H21NO3S/c25-23(24-10-8-22-18(14-24)9-11-28-22)13-19(16-4-2-1-3-5-16)17-6-7-20-21(12-17)27-15-26-20/h1-7,9,11-12,19H,8,10,13-15H2/t19-/m1/s1. The molecule has 5 heteroatoms. The summed E-state index contributed by atoms with van der Waals surface area (Å²) in [6, 6.07) is 18.4. The summed E-state index contributed by atoms with van der Waals surface area (Å²) in [7, 11) is 0. The summed E-state index contributed by atoms with van der Waals surface area (Å²) < 4.78 is 11.0. The van der Waals surface area contributed by atoms with E-state index < -0.39 is 0 Å². The van der Waals surface area contributed by atoms with Crippen LogP contribution in [0.1, 0.15) is 33.9 Å². The van der Waals surface area contributed by atoms with Gasteiger partial charge in [-0.2, -0.15) is 0 Å². The van der Waals surface area contributed by atoms with E-state index in [-0.39, 0.29) is 18.6 Å². The van der Waals surface area contributed by atoms with Crippen LogP contribution in [0.5, 0.6) is 11.5 Å². The molecule has 0 spiro atoms. The minimum absolute atomic E-state index is 0.00734. The molecule has 0 saturated carbocycles. The van der Waals surface area contributed by atoms with Gasteiger partial charge in [-0.3, -0.25) is 4.79 Å². The smallest absolute Gasteiger partial charge is 0.231 e. The number of carbonyl (C=O) groups is 1. The quantitative estimate of drug-likeness (QED) is 0.653. The average molecular weight is 391 g/mol. The monoisotopic (exact) mass is 391 g/mol. The Morgan fingerprint density at radius 1 is 1.04 bits per heavy atom. The Morgan fingerprint density at radius 2 is 1.89 bits per heavy atom. The highest BCUT2D eigenvalue weighted by Gasteiger charge is 2.26. The lowest BCUT2D eigenvalue weighted by atomic mass is 9.87. The third-order valence-electron chi connectivity index (χ3n) is 5.54. The van der Waals surface area contributed by atoms with Crippen LogP contribution in [0.2, 0.25) is 0 Å². The molecule has 0 unspecified atom stereocenters. The third-order valence-corrected chi connectivity index (χ3v) is 6.56. The molecule has 1 atom stereocenters. The zero-order valence-corrected chi connectivity index (χ0v) is 16.3. The highest BCUT2D eigenvalue weighted by atomic mass is 32.1. The van der Waals surface area contributed by atoms with E-state index in [0.717, 1.165) is 42.1 Å². The van der Waals surface area contributed by atoms with Crippen molar-refractivity contribution in [2.24, 2.45) is 0 Å². The van der Waals surface area contributed by atoms with Crippen LogP contribution >= 0.6 is 11.3 Å². The van der Waals surface area contributed by atoms with Crippen LogP contribution in [0.15, 0.2) is 60.0 Å². The number of amides is 1. The first-order chi connectivity index (χ1) is 13.8. The molecule has 2 aromatic carbocycles. The number of fused-ring (bicyclic) bond motifs is 2. The Kier molecular flexibility index (Phi) is 4.53. The van der Waals surface area contributed by atoms with Crippen LogP contribution in [-0.2, 0) is 17.8 Å². The molecule has 0 radical (unpaired) electrons. The van der Waals surface area contributed by atoms with Crippen LogP contribution in [0.3, 0.4) is 0 Å². The van der Waals surface area contributed by atoms with E-state index in [2.05, 4.69) is 23.6 Å². The van der Waals surface area contributed by atoms with E-state index in [1.807, 2.05) is 41.3 Å². The number of rotatable bonds is 4. The number of hydrogen-bond acceptors (Lipinski definition) is 4. The fraction of sp³-hybridized carbons (Fsp3) is 0.261. The molecule has 3 aromatic rings. The number of carbonyl (C=O) groups excluding carboxylic acids is 1. The summed E-state index contributed by atoms with van der Waals surface area (Å²) in [6.45, 7) is 1.78. The van der Waals surface area contributed by atoms with E-state index in [0.29, 0.717) is 6.42 Å². The Bertz CT molecular complexity index is 998. The molecular formula is C23H21NO3S. The van der Waals surface area contributed by atoms with Crippen molar-refractivity contribution < 1.29 is 14.3 Å². The topological polar surface area (TPSA) is 38.8 Å². The van der Waals surface area contributed by atoms with Crippen molar-refractivity contribution in [2.45, 2.75) is 25.3 Å². The maximum absolute atomic E-state index is 13.2. The molecule has 28 heavy (non-hydrogen) atoms. The molecule has 0 bridgehead atoms. The summed E-state index contributed by atoms with van der Waals surface area (Å²) in [5.74, 6) is 1.71. The highest BCUT2D eigenvalue weighted by Crippen LogP contribution is 2.38. The molecule has 0 fully saturated rings. The Hall–Kier alpha value is -2.79. The van der Waals surface area contributed by atoms with E-state index >= 15 is 0 Å². The van der Waals surface area contributed by atoms with Crippen molar-refractivity contribution in [1.29, 1.82) is 0 Å². The molecule has 4 nitrogen and oxygen atoms in total. The first-order valence-corrected chi connectivity index (χ1v) is 10.4. The minimum Gasteiger partial charge on any atom is -0.454 e. The third kappa shape index (κ3) is 3.27. The van der Waals surface area contributed by atoms with Crippen LogP contribution in [0, 0.1) is 0 Å². The normalized spacial score (nSPS) is 15.9. The van der Waals surface area contributed by atoms with E-state index in [4.69, 9.17) is 9.47 Å². The zero-order chi connectivity index (χ0) is 18.9. The van der Waals surface area contributed by atoms with Gasteiger partial charge >= 0.3 is 0 Å². The van der Waals surface area contributed by atoms with Gasteiger partial charge in [0.25, 0.3) is 0 Å². The highest BCUT2D eigenvalue weighted by molar-refractivity contribution is 7.10. The zero-order valence-electron chi connectivity index (χ0n) is 15.5. The first kappa shape index (κ1) is 17.3. The van der Waals surface area contributed by atoms with Crippen molar-refractivity contribution in [3.63, 3.8) is 0 Å². The van der Waals surface area contributed by atoms with Crippen molar-refractivity contribution >= 4 is 17.2 Å². The fourth-order valence-electron chi connectivity index (χ4n) is 4.01. The minimum atomic E-state index is -0.00734. The van der Waals surface area contributed by atoms with Gasteiger partial charge in [-0.1, -0.05) is 36.4 Å². The lowest BCUT2D eigenvalue weighted by molar-refractivity contribution is -0.132. The Morgan fingerprint density at radius 3 is 2.79 bits per heavy atom. The Labute approximate surface area is 168 Å². The van der Waals surface area contributed by atoms with E-state index in [1.54, 1.807) is 11.3 Å². The van der Waals surface area contributed by atoms with Gasteiger partial charge in [0.2, 0.25) is 12.7 Å². The van der Waals surface area contributed by atoms with Gasteiger partial charge in [-0.15, -0.1) is 11.3 Å². The van der Waals surface area contributed by atoms with Crippen LogP contribution in [0.25, 0.3) is 0 Å². The average Bonchev–Trinajstić information content (AvgIpc) is 3.40. The van der Waals surface area contributed by atoms with Gasteiger partial charge in [-0.25, -0.2) is 0 Å². The summed E-state index contributed by atoms with van der Waals surface area (Å²) in [4.78, 5) is 16.6. The maximum atomic E-state index is 13.2. The van der Waals surface area contributed by atoms with Gasteiger partial charge < -0.3 is 14.4 Å². The van der Waals surface area contributed by atoms with Crippen LogP contribution in [-0.4, -0.2) is 24.1 Å². The molecule has 0 saturated heterocycles. The van der Waals surface area contributed by atoms with E-state index in [1.165, 1.54) is 10.4 Å².